The molecule has 1 fully saturated rings. The normalized spacial score (nSPS) is 17.9. The maximum Gasteiger partial charge on any atom is 0.251 e. The average Bonchev–Trinajstić information content (AvgIpc) is 2.64. The monoisotopic (exact) mass is 390 g/mol. The summed E-state index contributed by atoms with van der Waals surface area (Å²) in [6, 6.07) is 15.2. The van der Waals surface area contributed by atoms with Crippen molar-refractivity contribution < 1.29 is 9.53 Å². The largest absolute Gasteiger partial charge is 0.489 e. The molecule has 1 saturated heterocycles. The van der Waals surface area contributed by atoms with E-state index in [4.69, 9.17) is 11.2 Å². The second kappa shape index (κ2) is 8.31. The van der Waals surface area contributed by atoms with Crippen LogP contribution in [0.1, 0.15) is 62.0 Å². The number of terminal acetylenes is 1. The second-order valence-corrected chi connectivity index (χ2v) is 9.13. The van der Waals surface area contributed by atoms with Crippen molar-refractivity contribution in [2.75, 3.05) is 0 Å². The van der Waals surface area contributed by atoms with Crippen LogP contribution in [0.15, 0.2) is 48.5 Å². The zero-order valence-electron chi connectivity index (χ0n) is 17.7. The lowest BCUT2D eigenvalue weighted by Gasteiger charge is -2.46. The molecular formula is C25H30N2O2. The molecular weight excluding hydrogens is 360 g/mol. The zero-order valence-corrected chi connectivity index (χ0v) is 17.7. The summed E-state index contributed by atoms with van der Waals surface area (Å²) in [4.78, 5) is 12.7. The maximum absolute atomic E-state index is 12.7. The molecule has 4 heteroatoms. The van der Waals surface area contributed by atoms with Crippen LogP contribution in [0.2, 0.25) is 0 Å². The summed E-state index contributed by atoms with van der Waals surface area (Å²) in [6.45, 7) is 9.15. The Morgan fingerprint density at radius 3 is 2.41 bits per heavy atom. The highest BCUT2D eigenvalue weighted by atomic mass is 16.5. The van der Waals surface area contributed by atoms with Crippen LogP contribution in [0.3, 0.4) is 0 Å². The van der Waals surface area contributed by atoms with Crippen molar-refractivity contribution in [2.24, 2.45) is 0 Å². The Kier molecular flexibility index (Phi) is 6.00. The van der Waals surface area contributed by atoms with E-state index in [2.05, 4.69) is 44.2 Å². The lowest BCUT2D eigenvalue weighted by atomic mass is 9.79. The molecule has 0 unspecified atom stereocenters. The van der Waals surface area contributed by atoms with Crippen LogP contribution in [0.25, 0.3) is 0 Å². The second-order valence-electron chi connectivity index (χ2n) is 9.13. The number of carbonyl (C=O) groups is 1. The Hall–Kier alpha value is -2.77. The zero-order chi connectivity index (χ0) is 21.1. The van der Waals surface area contributed by atoms with Gasteiger partial charge in [-0.1, -0.05) is 24.1 Å². The number of hydrogen-bond donors (Lipinski definition) is 2. The minimum absolute atomic E-state index is 0.00236. The quantitative estimate of drug-likeness (QED) is 0.749. The minimum atomic E-state index is -0.0299. The Morgan fingerprint density at radius 1 is 1.14 bits per heavy atom. The molecule has 0 spiro atoms. The summed E-state index contributed by atoms with van der Waals surface area (Å²) < 4.78 is 5.80. The molecule has 1 amide bonds. The summed E-state index contributed by atoms with van der Waals surface area (Å²) >= 11 is 0. The van der Waals surface area contributed by atoms with Crippen molar-refractivity contribution in [3.63, 3.8) is 0 Å². The average molecular weight is 391 g/mol. The summed E-state index contributed by atoms with van der Waals surface area (Å²) in [5.74, 6) is 3.31. The van der Waals surface area contributed by atoms with Gasteiger partial charge in [0.2, 0.25) is 0 Å². The van der Waals surface area contributed by atoms with Gasteiger partial charge in [0.1, 0.15) is 12.4 Å². The number of carbonyl (C=O) groups excluding carboxylic acids is 1. The van der Waals surface area contributed by atoms with Crippen molar-refractivity contribution in [3.8, 4) is 18.1 Å². The third-order valence-corrected chi connectivity index (χ3v) is 5.15. The molecule has 152 valence electrons. The van der Waals surface area contributed by atoms with Crippen LogP contribution >= 0.6 is 0 Å². The van der Waals surface area contributed by atoms with Gasteiger partial charge in [-0.15, -0.1) is 6.42 Å². The molecule has 0 saturated carbocycles. The Labute approximate surface area is 174 Å². The first-order valence-electron chi connectivity index (χ1n) is 10.0. The topological polar surface area (TPSA) is 50.4 Å². The molecule has 0 radical (unpaired) electrons. The van der Waals surface area contributed by atoms with Gasteiger partial charge < -0.3 is 15.4 Å². The van der Waals surface area contributed by atoms with E-state index < -0.39 is 0 Å². The number of benzene rings is 2. The fourth-order valence-electron chi connectivity index (χ4n) is 4.29. The van der Waals surface area contributed by atoms with Crippen LogP contribution in [0, 0.1) is 12.3 Å². The Morgan fingerprint density at radius 2 is 1.79 bits per heavy atom. The fourth-order valence-corrected chi connectivity index (χ4v) is 4.29. The summed E-state index contributed by atoms with van der Waals surface area (Å²) in [5.41, 5.74) is 2.45. The standard InChI is InChI=1S/C25H30N2O2/c1-6-18-8-7-9-22(14-18)29-17-19-10-12-20(13-11-19)23(28)26-21-15-24(2,3)27-25(4,5)16-21/h1,7-14,21,27H,15-17H2,2-5H3,(H,26,28). The molecule has 0 bridgehead atoms. The summed E-state index contributed by atoms with van der Waals surface area (Å²) in [7, 11) is 0. The molecule has 0 atom stereocenters. The Bertz CT molecular complexity index is 891. The highest BCUT2D eigenvalue weighted by Crippen LogP contribution is 2.28. The van der Waals surface area contributed by atoms with E-state index in [9.17, 15) is 4.79 Å². The number of nitrogens with one attached hydrogen (secondary N) is 2. The number of rotatable bonds is 5. The highest BCUT2D eigenvalue weighted by Gasteiger charge is 2.38. The maximum atomic E-state index is 12.7. The van der Waals surface area contributed by atoms with Crippen molar-refractivity contribution in [1.82, 2.24) is 10.6 Å². The first-order chi connectivity index (χ1) is 13.7. The summed E-state index contributed by atoms with van der Waals surface area (Å²) in [5, 5.41) is 6.85. The first kappa shape index (κ1) is 21.0. The van der Waals surface area contributed by atoms with Crippen LogP contribution in [0.4, 0.5) is 0 Å². The Balaban J connectivity index is 1.58. The molecule has 4 nitrogen and oxygen atoms in total. The van der Waals surface area contributed by atoms with E-state index in [-0.39, 0.29) is 23.0 Å². The SMILES string of the molecule is C#Cc1cccc(OCc2ccc(C(=O)NC3CC(C)(C)NC(C)(C)C3)cc2)c1. The van der Waals surface area contributed by atoms with Crippen molar-refractivity contribution >= 4 is 5.91 Å². The van der Waals surface area contributed by atoms with E-state index in [0.29, 0.717) is 12.2 Å². The highest BCUT2D eigenvalue weighted by molar-refractivity contribution is 5.94. The lowest BCUT2D eigenvalue weighted by Crippen LogP contribution is -2.62. The molecule has 1 aliphatic rings. The fraction of sp³-hybridized carbons (Fsp3) is 0.400. The third-order valence-electron chi connectivity index (χ3n) is 5.15. The van der Waals surface area contributed by atoms with Gasteiger partial charge in [-0.05, 0) is 76.4 Å². The molecule has 29 heavy (non-hydrogen) atoms. The van der Waals surface area contributed by atoms with Gasteiger partial charge in [0.05, 0.1) is 0 Å². The lowest BCUT2D eigenvalue weighted by molar-refractivity contribution is 0.0873. The molecule has 1 heterocycles. The van der Waals surface area contributed by atoms with Gasteiger partial charge in [-0.25, -0.2) is 0 Å². The van der Waals surface area contributed by atoms with Crippen LogP contribution in [-0.4, -0.2) is 23.0 Å². The number of ether oxygens (including phenoxy) is 1. The van der Waals surface area contributed by atoms with Gasteiger partial charge >= 0.3 is 0 Å². The van der Waals surface area contributed by atoms with Crippen molar-refractivity contribution in [1.29, 1.82) is 0 Å². The molecule has 0 aromatic heterocycles. The van der Waals surface area contributed by atoms with Crippen LogP contribution < -0.4 is 15.4 Å². The molecule has 2 aromatic rings. The van der Waals surface area contributed by atoms with E-state index >= 15 is 0 Å². The van der Waals surface area contributed by atoms with E-state index in [1.54, 1.807) is 0 Å². The van der Waals surface area contributed by atoms with Gasteiger partial charge in [-0.3, -0.25) is 4.79 Å². The van der Waals surface area contributed by atoms with Crippen LogP contribution in [-0.2, 0) is 6.61 Å². The number of amides is 1. The molecule has 2 N–H and O–H groups in total. The molecule has 0 aliphatic carbocycles. The van der Waals surface area contributed by atoms with Crippen molar-refractivity contribution in [2.45, 2.75) is 64.3 Å². The smallest absolute Gasteiger partial charge is 0.251 e. The molecule has 3 rings (SSSR count). The first-order valence-corrected chi connectivity index (χ1v) is 10.0. The number of piperidine rings is 1. The predicted molar refractivity (Wildman–Crippen MR) is 117 cm³/mol. The third kappa shape index (κ3) is 5.85. The number of hydrogen-bond acceptors (Lipinski definition) is 3. The van der Waals surface area contributed by atoms with E-state index in [1.165, 1.54) is 0 Å². The van der Waals surface area contributed by atoms with Crippen molar-refractivity contribution in [3.05, 3.63) is 65.2 Å². The van der Waals surface area contributed by atoms with Gasteiger partial charge in [0, 0.05) is 28.2 Å². The molecule has 1 aliphatic heterocycles. The van der Waals surface area contributed by atoms with E-state index in [1.807, 2.05) is 48.5 Å². The van der Waals surface area contributed by atoms with Gasteiger partial charge in [0.15, 0.2) is 0 Å². The van der Waals surface area contributed by atoms with Gasteiger partial charge in [-0.2, -0.15) is 0 Å². The predicted octanol–water partition coefficient (Wildman–Crippen LogP) is 4.29. The minimum Gasteiger partial charge on any atom is -0.489 e. The summed E-state index contributed by atoms with van der Waals surface area (Å²) in [6.07, 6.45) is 7.24. The van der Waals surface area contributed by atoms with Gasteiger partial charge in [0.25, 0.3) is 5.91 Å². The molecule has 2 aromatic carbocycles. The van der Waals surface area contributed by atoms with Crippen LogP contribution in [0.5, 0.6) is 5.75 Å². The van der Waals surface area contributed by atoms with E-state index in [0.717, 1.165) is 29.7 Å².